The average molecular weight is 339 g/mol. The lowest BCUT2D eigenvalue weighted by atomic mass is 10.1. The number of benzene rings is 2. The van der Waals surface area contributed by atoms with Gasteiger partial charge in [-0.05, 0) is 37.4 Å². The van der Waals surface area contributed by atoms with Gasteiger partial charge in [0.05, 0.1) is 32.4 Å². The number of likely N-dealkylation sites (N-methyl/N-ethyl adjacent to an activating group) is 1. The van der Waals surface area contributed by atoms with Crippen LogP contribution >= 0.6 is 0 Å². The molecule has 0 spiro atoms. The summed E-state index contributed by atoms with van der Waals surface area (Å²) in [5, 5.41) is 11.6. The summed E-state index contributed by atoms with van der Waals surface area (Å²) < 4.78 is 10.6. The van der Waals surface area contributed by atoms with Crippen molar-refractivity contribution in [2.75, 3.05) is 33.1 Å². The molecule has 1 amide bonds. The quantitative estimate of drug-likeness (QED) is 0.839. The van der Waals surface area contributed by atoms with Crippen molar-refractivity contribution in [2.24, 2.45) is 0 Å². The van der Waals surface area contributed by atoms with Crippen LogP contribution in [0.2, 0.25) is 0 Å². The molecular formula is C19H21N3O3. The number of carbonyl (C=O) groups excluding carboxylic acids is 1. The SMILES string of the molecule is COc1ccc(CN(C)CC(=O)Nc2ccc(C#N)cc2)c(OC)c1. The maximum Gasteiger partial charge on any atom is 0.238 e. The van der Waals surface area contributed by atoms with Gasteiger partial charge in [0.25, 0.3) is 0 Å². The van der Waals surface area contributed by atoms with Gasteiger partial charge in [0, 0.05) is 23.9 Å². The lowest BCUT2D eigenvalue weighted by Crippen LogP contribution is -2.29. The molecule has 6 heteroatoms. The second-order valence-corrected chi connectivity index (χ2v) is 5.59. The van der Waals surface area contributed by atoms with Gasteiger partial charge in [-0.1, -0.05) is 6.07 Å². The topological polar surface area (TPSA) is 74.6 Å². The molecule has 0 heterocycles. The number of methoxy groups -OCH3 is 2. The first-order valence-corrected chi connectivity index (χ1v) is 7.75. The molecule has 2 rings (SSSR count). The normalized spacial score (nSPS) is 10.2. The smallest absolute Gasteiger partial charge is 0.238 e. The standard InChI is InChI=1S/C19H21N3O3/c1-22(12-15-6-9-17(24-2)10-18(15)25-3)13-19(23)21-16-7-4-14(11-20)5-8-16/h4-10H,12-13H2,1-3H3,(H,21,23). The molecule has 0 saturated heterocycles. The van der Waals surface area contributed by atoms with Crippen molar-refractivity contribution in [1.29, 1.82) is 5.26 Å². The fourth-order valence-corrected chi connectivity index (χ4v) is 2.40. The summed E-state index contributed by atoms with van der Waals surface area (Å²) in [5.74, 6) is 1.32. The number of hydrogen-bond donors (Lipinski definition) is 1. The first-order valence-electron chi connectivity index (χ1n) is 7.75. The molecule has 0 atom stereocenters. The van der Waals surface area contributed by atoms with Crippen LogP contribution in [0.15, 0.2) is 42.5 Å². The monoisotopic (exact) mass is 339 g/mol. The highest BCUT2D eigenvalue weighted by atomic mass is 16.5. The number of carbonyl (C=O) groups is 1. The summed E-state index contributed by atoms with van der Waals surface area (Å²) in [7, 11) is 5.08. The highest BCUT2D eigenvalue weighted by molar-refractivity contribution is 5.92. The lowest BCUT2D eigenvalue weighted by Gasteiger charge is -2.18. The molecule has 130 valence electrons. The van der Waals surface area contributed by atoms with E-state index < -0.39 is 0 Å². The van der Waals surface area contributed by atoms with Crippen LogP contribution in [-0.2, 0) is 11.3 Å². The van der Waals surface area contributed by atoms with E-state index in [-0.39, 0.29) is 12.5 Å². The number of nitrogens with zero attached hydrogens (tertiary/aromatic N) is 2. The van der Waals surface area contributed by atoms with Crippen molar-refractivity contribution >= 4 is 11.6 Å². The minimum atomic E-state index is -0.125. The molecule has 0 unspecified atom stereocenters. The molecular weight excluding hydrogens is 318 g/mol. The lowest BCUT2D eigenvalue weighted by molar-refractivity contribution is -0.117. The van der Waals surface area contributed by atoms with Gasteiger partial charge in [0.15, 0.2) is 0 Å². The number of rotatable bonds is 7. The third-order valence-electron chi connectivity index (χ3n) is 3.65. The Hall–Kier alpha value is -3.04. The molecule has 0 aliphatic carbocycles. The summed E-state index contributed by atoms with van der Waals surface area (Å²) >= 11 is 0. The second kappa shape index (κ2) is 8.71. The van der Waals surface area contributed by atoms with E-state index in [0.717, 1.165) is 17.1 Å². The summed E-state index contributed by atoms with van der Waals surface area (Å²) in [5.41, 5.74) is 2.19. The molecule has 2 aromatic rings. The molecule has 0 aromatic heterocycles. The fraction of sp³-hybridized carbons (Fsp3) is 0.263. The van der Waals surface area contributed by atoms with Crippen molar-refractivity contribution in [3.05, 3.63) is 53.6 Å². The van der Waals surface area contributed by atoms with E-state index in [1.165, 1.54) is 0 Å². The molecule has 0 radical (unpaired) electrons. The third kappa shape index (κ3) is 5.23. The van der Waals surface area contributed by atoms with E-state index in [0.29, 0.717) is 17.8 Å². The van der Waals surface area contributed by atoms with Gasteiger partial charge in [-0.3, -0.25) is 9.69 Å². The second-order valence-electron chi connectivity index (χ2n) is 5.59. The summed E-state index contributed by atoms with van der Waals surface area (Å²) in [6.45, 7) is 0.795. The Morgan fingerprint density at radius 1 is 1.16 bits per heavy atom. The zero-order valence-corrected chi connectivity index (χ0v) is 14.6. The van der Waals surface area contributed by atoms with Crippen LogP contribution < -0.4 is 14.8 Å². The van der Waals surface area contributed by atoms with E-state index in [9.17, 15) is 4.79 Å². The van der Waals surface area contributed by atoms with Crippen molar-refractivity contribution in [2.45, 2.75) is 6.54 Å². The van der Waals surface area contributed by atoms with E-state index in [1.807, 2.05) is 36.2 Å². The Bertz CT molecular complexity index is 766. The number of hydrogen-bond acceptors (Lipinski definition) is 5. The van der Waals surface area contributed by atoms with Gasteiger partial charge < -0.3 is 14.8 Å². The first kappa shape index (κ1) is 18.3. The highest BCUT2D eigenvalue weighted by Crippen LogP contribution is 2.25. The maximum atomic E-state index is 12.2. The van der Waals surface area contributed by atoms with Gasteiger partial charge in [-0.2, -0.15) is 5.26 Å². The van der Waals surface area contributed by atoms with Crippen molar-refractivity contribution in [1.82, 2.24) is 4.90 Å². The predicted octanol–water partition coefficient (Wildman–Crippen LogP) is 2.65. The fourth-order valence-electron chi connectivity index (χ4n) is 2.40. The maximum absolute atomic E-state index is 12.2. The highest BCUT2D eigenvalue weighted by Gasteiger charge is 2.11. The minimum Gasteiger partial charge on any atom is -0.497 e. The van der Waals surface area contributed by atoms with E-state index >= 15 is 0 Å². The van der Waals surface area contributed by atoms with Crippen LogP contribution in [0.3, 0.4) is 0 Å². The van der Waals surface area contributed by atoms with Crippen molar-refractivity contribution < 1.29 is 14.3 Å². The van der Waals surface area contributed by atoms with Crippen LogP contribution in [0.25, 0.3) is 0 Å². The Morgan fingerprint density at radius 3 is 2.48 bits per heavy atom. The Morgan fingerprint density at radius 2 is 1.88 bits per heavy atom. The number of nitrogens with one attached hydrogen (secondary N) is 1. The number of anilines is 1. The van der Waals surface area contributed by atoms with Gasteiger partial charge in [0.2, 0.25) is 5.91 Å². The Balaban J connectivity index is 1.94. The molecule has 0 aliphatic rings. The number of amides is 1. The summed E-state index contributed by atoms with van der Waals surface area (Å²) in [6, 6.07) is 14.4. The predicted molar refractivity (Wildman–Crippen MR) is 95.7 cm³/mol. The third-order valence-corrected chi connectivity index (χ3v) is 3.65. The zero-order valence-electron chi connectivity index (χ0n) is 14.6. The van der Waals surface area contributed by atoms with Crippen LogP contribution in [0.4, 0.5) is 5.69 Å². The zero-order chi connectivity index (χ0) is 18.2. The van der Waals surface area contributed by atoms with Crippen LogP contribution in [0, 0.1) is 11.3 Å². The molecule has 1 N–H and O–H groups in total. The molecule has 0 bridgehead atoms. The van der Waals surface area contributed by atoms with Crippen LogP contribution in [-0.4, -0.2) is 38.6 Å². The van der Waals surface area contributed by atoms with Crippen LogP contribution in [0.5, 0.6) is 11.5 Å². The average Bonchev–Trinajstić information content (AvgIpc) is 2.62. The van der Waals surface area contributed by atoms with E-state index in [2.05, 4.69) is 5.32 Å². The number of nitriles is 1. The van der Waals surface area contributed by atoms with Crippen molar-refractivity contribution in [3.8, 4) is 17.6 Å². The van der Waals surface area contributed by atoms with Gasteiger partial charge >= 0.3 is 0 Å². The Kier molecular flexibility index (Phi) is 6.38. The van der Waals surface area contributed by atoms with Crippen molar-refractivity contribution in [3.63, 3.8) is 0 Å². The largest absolute Gasteiger partial charge is 0.497 e. The summed E-state index contributed by atoms with van der Waals surface area (Å²) in [6.07, 6.45) is 0. The summed E-state index contributed by atoms with van der Waals surface area (Å²) in [4.78, 5) is 14.0. The molecule has 6 nitrogen and oxygen atoms in total. The van der Waals surface area contributed by atoms with Crippen LogP contribution in [0.1, 0.15) is 11.1 Å². The van der Waals surface area contributed by atoms with Gasteiger partial charge in [0.1, 0.15) is 11.5 Å². The van der Waals surface area contributed by atoms with E-state index in [4.69, 9.17) is 14.7 Å². The minimum absolute atomic E-state index is 0.125. The Labute approximate surface area is 147 Å². The van der Waals surface area contributed by atoms with E-state index in [1.54, 1.807) is 38.5 Å². The first-order chi connectivity index (χ1) is 12.0. The molecule has 25 heavy (non-hydrogen) atoms. The van der Waals surface area contributed by atoms with Gasteiger partial charge in [-0.15, -0.1) is 0 Å². The molecule has 2 aromatic carbocycles. The molecule has 0 saturated carbocycles. The molecule has 0 fully saturated rings. The van der Waals surface area contributed by atoms with Gasteiger partial charge in [-0.25, -0.2) is 0 Å². The molecule has 0 aliphatic heterocycles. The number of ether oxygens (including phenoxy) is 2.